The normalized spacial score (nSPS) is 11.7. The molecule has 0 fully saturated rings. The fourth-order valence-corrected chi connectivity index (χ4v) is 0.919. The van der Waals surface area contributed by atoms with Crippen molar-refractivity contribution in [1.82, 2.24) is 9.97 Å². The van der Waals surface area contributed by atoms with Gasteiger partial charge in [-0.2, -0.15) is 0 Å². The van der Waals surface area contributed by atoms with Gasteiger partial charge in [0.1, 0.15) is 11.5 Å². The number of carbonyl (C=O) groups excluding carboxylic acids is 1. The first-order valence-corrected chi connectivity index (χ1v) is 3.98. The average molecular weight is 166 g/mol. The predicted molar refractivity (Wildman–Crippen MR) is 47.1 cm³/mol. The highest BCUT2D eigenvalue weighted by Gasteiger charge is 2.24. The van der Waals surface area contributed by atoms with E-state index in [2.05, 4.69) is 9.97 Å². The van der Waals surface area contributed by atoms with Crippen LogP contribution in [0.25, 0.3) is 0 Å². The Bertz CT molecular complexity index is 294. The van der Waals surface area contributed by atoms with E-state index in [0.29, 0.717) is 5.69 Å². The molecule has 66 valence electrons. The molecule has 1 heterocycles. The molecule has 0 aliphatic carbocycles. The van der Waals surface area contributed by atoms with Crippen LogP contribution in [0.1, 0.15) is 37.1 Å². The Balaban J connectivity index is 2.93. The van der Waals surface area contributed by atoms with Gasteiger partial charge in [-0.3, -0.25) is 4.79 Å². The molecule has 1 aromatic rings. The van der Waals surface area contributed by atoms with Gasteiger partial charge in [-0.25, -0.2) is 4.98 Å². The molecule has 0 unspecified atom stereocenters. The van der Waals surface area contributed by atoms with Crippen LogP contribution in [0, 0.1) is 12.3 Å². The van der Waals surface area contributed by atoms with Gasteiger partial charge in [0.2, 0.25) is 0 Å². The van der Waals surface area contributed by atoms with Crippen molar-refractivity contribution in [3.63, 3.8) is 0 Å². The van der Waals surface area contributed by atoms with Crippen molar-refractivity contribution in [2.45, 2.75) is 27.7 Å². The first-order valence-electron chi connectivity index (χ1n) is 3.98. The van der Waals surface area contributed by atoms with Crippen molar-refractivity contribution in [3.05, 3.63) is 17.7 Å². The molecule has 0 aliphatic rings. The van der Waals surface area contributed by atoms with Crippen LogP contribution in [0.3, 0.4) is 0 Å². The zero-order valence-electron chi connectivity index (χ0n) is 7.93. The van der Waals surface area contributed by atoms with Crippen molar-refractivity contribution in [1.29, 1.82) is 0 Å². The monoisotopic (exact) mass is 166 g/mol. The largest absolute Gasteiger partial charge is 0.348 e. The third-order valence-corrected chi connectivity index (χ3v) is 1.62. The summed E-state index contributed by atoms with van der Waals surface area (Å²) in [7, 11) is 0. The van der Waals surface area contributed by atoms with E-state index in [0.717, 1.165) is 5.82 Å². The number of ketones is 1. The molecule has 0 radical (unpaired) electrons. The van der Waals surface area contributed by atoms with Gasteiger partial charge in [0.15, 0.2) is 5.78 Å². The van der Waals surface area contributed by atoms with Crippen molar-refractivity contribution >= 4 is 5.78 Å². The Kier molecular flexibility index (Phi) is 2.04. The van der Waals surface area contributed by atoms with Crippen molar-refractivity contribution in [2.75, 3.05) is 0 Å². The summed E-state index contributed by atoms with van der Waals surface area (Å²) in [5, 5.41) is 0. The quantitative estimate of drug-likeness (QED) is 0.648. The number of H-pyrrole nitrogens is 1. The number of Topliss-reactive ketones (excluding diaryl/α,β-unsaturated/α-hetero) is 1. The van der Waals surface area contributed by atoms with Gasteiger partial charge < -0.3 is 4.98 Å². The zero-order valence-corrected chi connectivity index (χ0v) is 7.93. The van der Waals surface area contributed by atoms with Gasteiger partial charge in [-0.05, 0) is 6.92 Å². The lowest BCUT2D eigenvalue weighted by molar-refractivity contribution is 0.0853. The van der Waals surface area contributed by atoms with Crippen molar-refractivity contribution < 1.29 is 4.79 Å². The standard InChI is InChI=1S/C9H14N2O/c1-6-10-5-7(11-6)8(12)9(2,3)4/h5H,1-4H3,(H,10,11). The summed E-state index contributed by atoms with van der Waals surface area (Å²) < 4.78 is 0. The van der Waals surface area contributed by atoms with Crippen LogP contribution in [-0.4, -0.2) is 15.8 Å². The SMILES string of the molecule is Cc1nc(C(=O)C(C)(C)C)c[nH]1. The van der Waals surface area contributed by atoms with E-state index in [-0.39, 0.29) is 11.2 Å². The maximum absolute atomic E-state index is 11.6. The number of hydrogen-bond donors (Lipinski definition) is 1. The van der Waals surface area contributed by atoms with E-state index < -0.39 is 0 Å². The summed E-state index contributed by atoms with van der Waals surface area (Å²) in [4.78, 5) is 18.6. The smallest absolute Gasteiger partial charge is 0.188 e. The Morgan fingerprint density at radius 1 is 1.50 bits per heavy atom. The van der Waals surface area contributed by atoms with E-state index in [9.17, 15) is 4.79 Å². The Labute approximate surface area is 72.2 Å². The minimum Gasteiger partial charge on any atom is -0.348 e. The van der Waals surface area contributed by atoms with Crippen LogP contribution < -0.4 is 0 Å². The third-order valence-electron chi connectivity index (χ3n) is 1.62. The highest BCUT2D eigenvalue weighted by Crippen LogP contribution is 2.19. The molecule has 0 spiro atoms. The molecule has 1 rings (SSSR count). The highest BCUT2D eigenvalue weighted by molar-refractivity contribution is 5.97. The van der Waals surface area contributed by atoms with E-state index in [1.54, 1.807) is 6.20 Å². The number of aromatic nitrogens is 2. The van der Waals surface area contributed by atoms with E-state index in [1.807, 2.05) is 27.7 Å². The first-order chi connectivity index (χ1) is 5.41. The van der Waals surface area contributed by atoms with Crippen LogP contribution in [0.2, 0.25) is 0 Å². The summed E-state index contributed by atoms with van der Waals surface area (Å²) >= 11 is 0. The summed E-state index contributed by atoms with van der Waals surface area (Å²) in [6.45, 7) is 7.50. The van der Waals surface area contributed by atoms with Gasteiger partial charge in [0, 0.05) is 11.6 Å². The lowest BCUT2D eigenvalue weighted by atomic mass is 9.89. The van der Waals surface area contributed by atoms with Gasteiger partial charge in [0.05, 0.1) is 0 Å². The fourth-order valence-electron chi connectivity index (χ4n) is 0.919. The molecule has 1 N–H and O–H groups in total. The number of nitrogens with one attached hydrogen (secondary N) is 1. The highest BCUT2D eigenvalue weighted by atomic mass is 16.1. The molecule has 3 nitrogen and oxygen atoms in total. The van der Waals surface area contributed by atoms with Crippen LogP contribution in [0.4, 0.5) is 0 Å². The lowest BCUT2D eigenvalue weighted by Gasteiger charge is -2.13. The molecular formula is C9H14N2O. The number of nitrogens with zero attached hydrogens (tertiary/aromatic N) is 1. The third kappa shape index (κ3) is 1.72. The summed E-state index contributed by atoms with van der Waals surface area (Å²) in [6, 6.07) is 0. The second-order valence-corrected chi connectivity index (χ2v) is 3.95. The molecular weight excluding hydrogens is 152 g/mol. The number of aryl methyl sites for hydroxylation is 1. The molecule has 0 saturated carbocycles. The number of imidazole rings is 1. The van der Waals surface area contributed by atoms with Gasteiger partial charge >= 0.3 is 0 Å². The van der Waals surface area contributed by atoms with Crippen LogP contribution in [-0.2, 0) is 0 Å². The lowest BCUT2D eigenvalue weighted by Crippen LogP contribution is -2.20. The molecule has 0 atom stereocenters. The Morgan fingerprint density at radius 3 is 2.42 bits per heavy atom. The van der Waals surface area contributed by atoms with Crippen LogP contribution >= 0.6 is 0 Å². The second-order valence-electron chi connectivity index (χ2n) is 3.95. The molecule has 0 aromatic carbocycles. The average Bonchev–Trinajstić information content (AvgIpc) is 2.32. The minimum absolute atomic E-state index is 0.0758. The molecule has 1 aromatic heterocycles. The summed E-state index contributed by atoms with van der Waals surface area (Å²) in [5.74, 6) is 0.856. The first kappa shape index (κ1) is 8.97. The maximum atomic E-state index is 11.6. The molecule has 0 saturated heterocycles. The molecule has 0 bridgehead atoms. The number of aromatic amines is 1. The molecule has 0 amide bonds. The second kappa shape index (κ2) is 2.73. The van der Waals surface area contributed by atoms with Crippen molar-refractivity contribution in [2.24, 2.45) is 5.41 Å². The molecule has 3 heteroatoms. The van der Waals surface area contributed by atoms with Gasteiger partial charge in [-0.1, -0.05) is 20.8 Å². The van der Waals surface area contributed by atoms with E-state index in [1.165, 1.54) is 0 Å². The number of rotatable bonds is 1. The zero-order chi connectivity index (χ0) is 9.35. The summed E-state index contributed by atoms with van der Waals surface area (Å²) in [6.07, 6.45) is 1.66. The Hall–Kier alpha value is -1.12. The van der Waals surface area contributed by atoms with Crippen LogP contribution in [0.15, 0.2) is 6.20 Å². The van der Waals surface area contributed by atoms with Gasteiger partial charge in [-0.15, -0.1) is 0 Å². The maximum Gasteiger partial charge on any atom is 0.188 e. The van der Waals surface area contributed by atoms with Crippen molar-refractivity contribution in [3.8, 4) is 0 Å². The molecule has 0 aliphatic heterocycles. The minimum atomic E-state index is -0.346. The summed E-state index contributed by atoms with van der Waals surface area (Å²) in [5.41, 5.74) is 0.182. The molecule has 12 heavy (non-hydrogen) atoms. The van der Waals surface area contributed by atoms with Crippen LogP contribution in [0.5, 0.6) is 0 Å². The Morgan fingerprint density at radius 2 is 2.08 bits per heavy atom. The number of carbonyl (C=O) groups is 1. The van der Waals surface area contributed by atoms with E-state index >= 15 is 0 Å². The predicted octanol–water partition coefficient (Wildman–Crippen LogP) is 1.95. The van der Waals surface area contributed by atoms with Gasteiger partial charge in [0.25, 0.3) is 0 Å². The number of hydrogen-bond acceptors (Lipinski definition) is 2. The topological polar surface area (TPSA) is 45.8 Å². The van der Waals surface area contributed by atoms with E-state index in [4.69, 9.17) is 0 Å². The fraction of sp³-hybridized carbons (Fsp3) is 0.556.